The van der Waals surface area contributed by atoms with Crippen molar-refractivity contribution < 1.29 is 4.74 Å². The van der Waals surface area contributed by atoms with Crippen molar-refractivity contribution in [2.75, 3.05) is 13.7 Å². The van der Waals surface area contributed by atoms with Crippen LogP contribution in [0.2, 0.25) is 0 Å². The molecular weight excluding hydrogens is 224 g/mol. The van der Waals surface area contributed by atoms with E-state index in [9.17, 15) is 0 Å². The van der Waals surface area contributed by atoms with Crippen LogP contribution >= 0.6 is 0 Å². The molecule has 0 bridgehead atoms. The van der Waals surface area contributed by atoms with Crippen LogP contribution in [0.5, 0.6) is 5.75 Å². The van der Waals surface area contributed by atoms with E-state index in [0.717, 1.165) is 18.7 Å². The predicted molar refractivity (Wildman–Crippen MR) is 74.9 cm³/mol. The molecule has 18 heavy (non-hydrogen) atoms. The molecule has 0 spiro atoms. The molecule has 1 saturated heterocycles. The summed E-state index contributed by atoms with van der Waals surface area (Å²) < 4.78 is 5.32. The first-order valence-corrected chi connectivity index (χ1v) is 6.70. The minimum atomic E-state index is 0.236. The van der Waals surface area contributed by atoms with Crippen LogP contribution in [0.1, 0.15) is 37.4 Å². The van der Waals surface area contributed by atoms with Crippen molar-refractivity contribution >= 4 is 0 Å². The molecule has 1 aliphatic heterocycles. The lowest BCUT2D eigenvalue weighted by Gasteiger charge is -2.30. The minimum absolute atomic E-state index is 0.236. The van der Waals surface area contributed by atoms with Gasteiger partial charge in [0, 0.05) is 18.6 Å². The van der Waals surface area contributed by atoms with Crippen LogP contribution in [0.25, 0.3) is 0 Å². The molecule has 1 aliphatic rings. The smallest absolute Gasteiger partial charge is 0.121 e. The third-order valence-corrected chi connectivity index (χ3v) is 3.91. The second-order valence-corrected chi connectivity index (χ2v) is 5.46. The quantitative estimate of drug-likeness (QED) is 0.893. The molecule has 2 atom stereocenters. The van der Waals surface area contributed by atoms with Gasteiger partial charge in [-0.2, -0.15) is 0 Å². The summed E-state index contributed by atoms with van der Waals surface area (Å²) in [5, 5.41) is 0. The van der Waals surface area contributed by atoms with Gasteiger partial charge in [0.05, 0.1) is 13.2 Å². The van der Waals surface area contributed by atoms with Gasteiger partial charge in [0.1, 0.15) is 5.75 Å². The number of nitrogens with two attached hydrogens (primary N) is 1. The van der Waals surface area contributed by atoms with Crippen LogP contribution in [0.3, 0.4) is 0 Å². The van der Waals surface area contributed by atoms with Crippen LogP contribution < -0.4 is 10.5 Å². The Balaban J connectivity index is 2.31. The zero-order valence-corrected chi connectivity index (χ0v) is 11.8. The van der Waals surface area contributed by atoms with Gasteiger partial charge in [-0.25, -0.2) is 0 Å². The van der Waals surface area contributed by atoms with Gasteiger partial charge in [-0.05, 0) is 44.4 Å². The Kier molecular flexibility index (Phi) is 3.93. The molecule has 3 nitrogen and oxygen atoms in total. The highest BCUT2D eigenvalue weighted by Crippen LogP contribution is 2.34. The fourth-order valence-electron chi connectivity index (χ4n) is 2.94. The maximum atomic E-state index is 6.29. The van der Waals surface area contributed by atoms with Gasteiger partial charge in [-0.3, -0.25) is 4.90 Å². The van der Waals surface area contributed by atoms with Gasteiger partial charge in [0.25, 0.3) is 0 Å². The van der Waals surface area contributed by atoms with E-state index in [2.05, 4.69) is 37.8 Å². The number of benzene rings is 1. The van der Waals surface area contributed by atoms with Crippen molar-refractivity contribution in [2.24, 2.45) is 5.73 Å². The fraction of sp³-hybridized carbons (Fsp3) is 0.600. The van der Waals surface area contributed by atoms with Gasteiger partial charge >= 0.3 is 0 Å². The zero-order chi connectivity index (χ0) is 13.3. The molecule has 1 heterocycles. The molecule has 3 heteroatoms. The monoisotopic (exact) mass is 248 g/mol. The highest BCUT2D eigenvalue weighted by Gasteiger charge is 2.34. The number of rotatable bonds is 3. The van der Waals surface area contributed by atoms with Gasteiger partial charge in [0.15, 0.2) is 0 Å². The van der Waals surface area contributed by atoms with Gasteiger partial charge in [-0.15, -0.1) is 0 Å². The summed E-state index contributed by atoms with van der Waals surface area (Å²) in [6, 6.07) is 7.52. The largest absolute Gasteiger partial charge is 0.496 e. The van der Waals surface area contributed by atoms with E-state index in [1.165, 1.54) is 11.1 Å². The van der Waals surface area contributed by atoms with Crippen molar-refractivity contribution in [3.05, 3.63) is 29.3 Å². The summed E-state index contributed by atoms with van der Waals surface area (Å²) in [5.41, 5.74) is 8.78. The average Bonchev–Trinajstić information content (AvgIpc) is 2.71. The highest BCUT2D eigenvalue weighted by molar-refractivity contribution is 5.38. The maximum Gasteiger partial charge on any atom is 0.121 e. The summed E-state index contributed by atoms with van der Waals surface area (Å²) in [5.74, 6) is 0.946. The molecule has 1 aromatic rings. The van der Waals surface area contributed by atoms with Crippen molar-refractivity contribution in [3.8, 4) is 5.75 Å². The molecule has 1 fully saturated rings. The summed E-state index contributed by atoms with van der Waals surface area (Å²) in [7, 11) is 1.71. The lowest BCUT2D eigenvalue weighted by Crippen LogP contribution is -2.35. The van der Waals surface area contributed by atoms with Crippen molar-refractivity contribution in [3.63, 3.8) is 0 Å². The van der Waals surface area contributed by atoms with E-state index in [0.29, 0.717) is 12.1 Å². The number of likely N-dealkylation sites (tertiary alicyclic amines) is 1. The van der Waals surface area contributed by atoms with E-state index in [1.807, 2.05) is 6.07 Å². The molecule has 0 saturated carbocycles. The number of hydrogen-bond acceptors (Lipinski definition) is 3. The van der Waals surface area contributed by atoms with Crippen molar-refractivity contribution in [1.29, 1.82) is 0 Å². The van der Waals surface area contributed by atoms with Gasteiger partial charge < -0.3 is 10.5 Å². The molecule has 0 aliphatic carbocycles. The van der Waals surface area contributed by atoms with Crippen molar-refractivity contribution in [2.45, 2.75) is 45.3 Å². The molecular formula is C15H24N2O. The lowest BCUT2D eigenvalue weighted by atomic mass is 9.98. The van der Waals surface area contributed by atoms with E-state index >= 15 is 0 Å². The van der Waals surface area contributed by atoms with E-state index in [-0.39, 0.29) is 6.04 Å². The van der Waals surface area contributed by atoms with Crippen molar-refractivity contribution in [1.82, 2.24) is 4.90 Å². The second kappa shape index (κ2) is 5.29. The topological polar surface area (TPSA) is 38.5 Å². The molecule has 0 aromatic heterocycles. The first-order valence-electron chi connectivity index (χ1n) is 6.70. The Morgan fingerprint density at radius 1 is 1.39 bits per heavy atom. The SMILES string of the molecule is COc1ccc(C2C(N)CCN2C(C)C)cc1C. The van der Waals surface area contributed by atoms with E-state index in [4.69, 9.17) is 10.5 Å². The normalized spacial score (nSPS) is 24.8. The Hall–Kier alpha value is -1.06. The Morgan fingerprint density at radius 3 is 2.67 bits per heavy atom. The molecule has 0 amide bonds. The minimum Gasteiger partial charge on any atom is -0.496 e. The summed E-state index contributed by atoms with van der Waals surface area (Å²) in [4.78, 5) is 2.49. The summed E-state index contributed by atoms with van der Waals surface area (Å²) >= 11 is 0. The first-order chi connectivity index (χ1) is 8.54. The Bertz CT molecular complexity index is 417. The maximum absolute atomic E-state index is 6.29. The van der Waals surface area contributed by atoms with Gasteiger partial charge in [-0.1, -0.05) is 12.1 Å². The number of methoxy groups -OCH3 is 1. The average molecular weight is 248 g/mol. The van der Waals surface area contributed by atoms with Gasteiger partial charge in [0.2, 0.25) is 0 Å². The first kappa shape index (κ1) is 13.4. The van der Waals surface area contributed by atoms with Crippen LogP contribution in [0.15, 0.2) is 18.2 Å². The number of ether oxygens (including phenoxy) is 1. The molecule has 2 N–H and O–H groups in total. The molecule has 2 unspecified atom stereocenters. The van der Waals surface area contributed by atoms with Crippen LogP contribution in [-0.4, -0.2) is 30.6 Å². The number of hydrogen-bond donors (Lipinski definition) is 1. The second-order valence-electron chi connectivity index (χ2n) is 5.46. The zero-order valence-electron chi connectivity index (χ0n) is 11.8. The van der Waals surface area contributed by atoms with Crippen LogP contribution in [-0.2, 0) is 0 Å². The molecule has 1 aromatic carbocycles. The van der Waals surface area contributed by atoms with E-state index in [1.54, 1.807) is 7.11 Å². The Morgan fingerprint density at radius 2 is 2.11 bits per heavy atom. The molecule has 100 valence electrons. The summed E-state index contributed by atoms with van der Waals surface area (Å²) in [6.45, 7) is 7.65. The molecule has 0 radical (unpaired) electrons. The lowest BCUT2D eigenvalue weighted by molar-refractivity contribution is 0.198. The summed E-state index contributed by atoms with van der Waals surface area (Å²) in [6.07, 6.45) is 1.08. The van der Waals surface area contributed by atoms with Crippen LogP contribution in [0, 0.1) is 6.92 Å². The van der Waals surface area contributed by atoms with E-state index < -0.39 is 0 Å². The standard InChI is InChI=1S/C15H24N2O/c1-10(2)17-8-7-13(16)15(17)12-5-6-14(18-4)11(3)9-12/h5-6,9-10,13,15H,7-8,16H2,1-4H3. The third kappa shape index (κ3) is 2.38. The Labute approximate surface area is 110 Å². The predicted octanol–water partition coefficient (Wildman–Crippen LogP) is 2.49. The molecule has 2 rings (SSSR count). The highest BCUT2D eigenvalue weighted by atomic mass is 16.5. The fourth-order valence-corrected chi connectivity index (χ4v) is 2.94. The number of nitrogens with zero attached hydrogens (tertiary/aromatic N) is 1. The van der Waals surface area contributed by atoms with Crippen LogP contribution in [0.4, 0.5) is 0 Å². The third-order valence-electron chi connectivity index (χ3n) is 3.91. The number of aryl methyl sites for hydroxylation is 1.